The van der Waals surface area contributed by atoms with Gasteiger partial charge in [-0.25, -0.2) is 0 Å². The standard InChI is InChI=1S/C17H23N3O2/c1-11(2)17(4,5)16(21)20-6-7-22-15-13(8-18)9-19-10-14(15)12(20)3/h9-12H,6-7H2,1-5H3/t12-/m0/s1. The Labute approximate surface area is 131 Å². The van der Waals surface area contributed by atoms with E-state index in [0.717, 1.165) is 5.56 Å². The maximum atomic E-state index is 13.0. The molecule has 0 spiro atoms. The maximum absolute atomic E-state index is 13.0. The van der Waals surface area contributed by atoms with Crippen LogP contribution >= 0.6 is 0 Å². The molecule has 1 aliphatic rings. The number of aromatic nitrogens is 1. The number of hydrogen-bond acceptors (Lipinski definition) is 4. The summed E-state index contributed by atoms with van der Waals surface area (Å²) in [6.45, 7) is 10.9. The number of amides is 1. The summed E-state index contributed by atoms with van der Waals surface area (Å²) < 4.78 is 5.74. The first-order valence-electron chi connectivity index (χ1n) is 7.62. The van der Waals surface area contributed by atoms with E-state index in [9.17, 15) is 10.1 Å². The molecule has 0 aliphatic carbocycles. The predicted molar refractivity (Wildman–Crippen MR) is 83.2 cm³/mol. The topological polar surface area (TPSA) is 66.2 Å². The molecule has 1 aliphatic heterocycles. The van der Waals surface area contributed by atoms with Gasteiger partial charge in [0.15, 0.2) is 0 Å². The average Bonchev–Trinajstić information content (AvgIpc) is 2.65. The molecule has 0 saturated heterocycles. The van der Waals surface area contributed by atoms with Gasteiger partial charge in [0.2, 0.25) is 5.91 Å². The maximum Gasteiger partial charge on any atom is 0.229 e. The summed E-state index contributed by atoms with van der Waals surface area (Å²) in [6, 6.07) is 1.94. The molecule has 0 unspecified atom stereocenters. The second kappa shape index (κ2) is 5.96. The largest absolute Gasteiger partial charge is 0.490 e. The molecular weight excluding hydrogens is 278 g/mol. The molecule has 0 N–H and O–H groups in total. The number of pyridine rings is 1. The molecule has 5 heteroatoms. The molecule has 0 radical (unpaired) electrons. The third-order valence-electron chi connectivity index (χ3n) is 4.80. The summed E-state index contributed by atoms with van der Waals surface area (Å²) in [7, 11) is 0. The zero-order valence-corrected chi connectivity index (χ0v) is 13.9. The SMILES string of the molecule is CC(C)C(C)(C)C(=O)N1CCOc2c(C#N)cncc2[C@@H]1C. The van der Waals surface area contributed by atoms with Gasteiger partial charge in [0.1, 0.15) is 24.0 Å². The summed E-state index contributed by atoms with van der Waals surface area (Å²) in [4.78, 5) is 18.9. The summed E-state index contributed by atoms with van der Waals surface area (Å²) in [5.74, 6) is 0.899. The molecule has 2 rings (SSSR count). The molecule has 1 amide bonds. The fraction of sp³-hybridized carbons (Fsp3) is 0.588. The lowest BCUT2D eigenvalue weighted by molar-refractivity contribution is -0.145. The Kier molecular flexibility index (Phi) is 4.41. The van der Waals surface area contributed by atoms with Gasteiger partial charge in [-0.2, -0.15) is 5.26 Å². The minimum absolute atomic E-state index is 0.105. The van der Waals surface area contributed by atoms with Crippen LogP contribution < -0.4 is 4.74 Å². The second-order valence-corrected chi connectivity index (χ2v) is 6.62. The number of hydrogen-bond donors (Lipinski definition) is 0. The normalized spacial score (nSPS) is 18.2. The van der Waals surface area contributed by atoms with Gasteiger partial charge in [0.05, 0.1) is 12.6 Å². The van der Waals surface area contributed by atoms with Gasteiger partial charge in [0.25, 0.3) is 0 Å². The molecular formula is C17H23N3O2. The summed E-state index contributed by atoms with van der Waals surface area (Å²) >= 11 is 0. The van der Waals surface area contributed by atoms with Crippen molar-refractivity contribution in [3.63, 3.8) is 0 Å². The molecule has 0 saturated carbocycles. The third kappa shape index (κ3) is 2.66. The molecule has 1 aromatic rings. The molecule has 22 heavy (non-hydrogen) atoms. The highest BCUT2D eigenvalue weighted by molar-refractivity contribution is 5.83. The lowest BCUT2D eigenvalue weighted by atomic mass is 9.79. The fourth-order valence-electron chi connectivity index (χ4n) is 2.51. The van der Waals surface area contributed by atoms with Crippen LogP contribution in [0.1, 0.15) is 51.8 Å². The van der Waals surface area contributed by atoms with Crippen molar-refractivity contribution in [3.8, 4) is 11.8 Å². The van der Waals surface area contributed by atoms with Crippen molar-refractivity contribution in [2.75, 3.05) is 13.2 Å². The summed E-state index contributed by atoms with van der Waals surface area (Å²) in [5.41, 5.74) is 0.769. The molecule has 0 fully saturated rings. The Morgan fingerprint density at radius 2 is 2.18 bits per heavy atom. The van der Waals surface area contributed by atoms with E-state index in [-0.39, 0.29) is 17.9 Å². The van der Waals surface area contributed by atoms with E-state index >= 15 is 0 Å². The number of nitriles is 1. The first-order valence-corrected chi connectivity index (χ1v) is 7.62. The smallest absolute Gasteiger partial charge is 0.229 e. The van der Waals surface area contributed by atoms with E-state index in [1.54, 1.807) is 6.20 Å². The first kappa shape index (κ1) is 16.3. The molecule has 0 aromatic carbocycles. The van der Waals surface area contributed by atoms with Crippen molar-refractivity contribution < 1.29 is 9.53 Å². The van der Waals surface area contributed by atoms with Crippen molar-refractivity contribution in [1.29, 1.82) is 5.26 Å². The van der Waals surface area contributed by atoms with Crippen LogP contribution in [0.15, 0.2) is 12.4 Å². The molecule has 1 aromatic heterocycles. The third-order valence-corrected chi connectivity index (χ3v) is 4.80. The van der Waals surface area contributed by atoms with Crippen LogP contribution in [-0.2, 0) is 4.79 Å². The average molecular weight is 301 g/mol. The number of ether oxygens (including phenoxy) is 1. The zero-order chi connectivity index (χ0) is 16.5. The molecule has 118 valence electrons. The highest BCUT2D eigenvalue weighted by atomic mass is 16.5. The van der Waals surface area contributed by atoms with Gasteiger partial charge in [-0.3, -0.25) is 9.78 Å². The Morgan fingerprint density at radius 1 is 1.50 bits per heavy atom. The quantitative estimate of drug-likeness (QED) is 0.842. The number of carbonyl (C=O) groups excluding carboxylic acids is 1. The van der Waals surface area contributed by atoms with Gasteiger partial charge in [-0.15, -0.1) is 0 Å². The summed E-state index contributed by atoms with van der Waals surface area (Å²) in [5, 5.41) is 9.20. The van der Waals surface area contributed by atoms with Gasteiger partial charge in [-0.05, 0) is 12.8 Å². The van der Waals surface area contributed by atoms with E-state index in [2.05, 4.69) is 24.9 Å². The minimum atomic E-state index is -0.445. The van der Waals surface area contributed by atoms with E-state index in [4.69, 9.17) is 4.74 Å². The van der Waals surface area contributed by atoms with E-state index in [1.165, 1.54) is 6.20 Å². The van der Waals surface area contributed by atoms with Crippen LogP contribution in [0, 0.1) is 22.7 Å². The molecule has 0 bridgehead atoms. The van der Waals surface area contributed by atoms with Gasteiger partial charge < -0.3 is 9.64 Å². The number of carbonyl (C=O) groups is 1. The Balaban J connectivity index is 2.41. The van der Waals surface area contributed by atoms with E-state index < -0.39 is 5.41 Å². The number of fused-ring (bicyclic) bond motifs is 1. The fourth-order valence-corrected chi connectivity index (χ4v) is 2.51. The van der Waals surface area contributed by atoms with Gasteiger partial charge in [0, 0.05) is 23.4 Å². The molecule has 5 nitrogen and oxygen atoms in total. The van der Waals surface area contributed by atoms with Crippen LogP contribution in [-0.4, -0.2) is 28.9 Å². The lowest BCUT2D eigenvalue weighted by Crippen LogP contribution is -2.45. The van der Waals surface area contributed by atoms with Gasteiger partial charge in [-0.1, -0.05) is 27.7 Å². The van der Waals surface area contributed by atoms with Crippen molar-refractivity contribution in [2.24, 2.45) is 11.3 Å². The Bertz CT molecular complexity index is 617. The van der Waals surface area contributed by atoms with E-state index in [1.807, 2.05) is 25.7 Å². The Morgan fingerprint density at radius 3 is 2.77 bits per heavy atom. The molecule has 2 heterocycles. The van der Waals surface area contributed by atoms with Crippen LogP contribution in [0.4, 0.5) is 0 Å². The van der Waals surface area contributed by atoms with Crippen molar-refractivity contribution >= 4 is 5.91 Å². The highest BCUT2D eigenvalue weighted by Gasteiger charge is 2.38. The lowest BCUT2D eigenvalue weighted by Gasteiger charge is -2.36. The molecule has 1 atom stereocenters. The highest BCUT2D eigenvalue weighted by Crippen LogP contribution is 2.37. The van der Waals surface area contributed by atoms with Crippen molar-refractivity contribution in [1.82, 2.24) is 9.88 Å². The van der Waals surface area contributed by atoms with Crippen LogP contribution in [0.3, 0.4) is 0 Å². The van der Waals surface area contributed by atoms with Gasteiger partial charge >= 0.3 is 0 Å². The van der Waals surface area contributed by atoms with Crippen LogP contribution in [0.2, 0.25) is 0 Å². The zero-order valence-electron chi connectivity index (χ0n) is 13.9. The van der Waals surface area contributed by atoms with E-state index in [0.29, 0.717) is 24.5 Å². The van der Waals surface area contributed by atoms with Crippen molar-refractivity contribution in [3.05, 3.63) is 23.5 Å². The summed E-state index contributed by atoms with van der Waals surface area (Å²) in [6.07, 6.45) is 3.19. The Hall–Kier alpha value is -2.09. The number of rotatable bonds is 2. The van der Waals surface area contributed by atoms with Crippen LogP contribution in [0.5, 0.6) is 5.75 Å². The minimum Gasteiger partial charge on any atom is -0.490 e. The number of nitrogens with zero attached hydrogens (tertiary/aromatic N) is 3. The second-order valence-electron chi connectivity index (χ2n) is 6.62. The van der Waals surface area contributed by atoms with Crippen molar-refractivity contribution in [2.45, 2.75) is 40.7 Å². The predicted octanol–water partition coefficient (Wildman–Crippen LogP) is 2.92. The first-order chi connectivity index (χ1) is 10.3. The van der Waals surface area contributed by atoms with Crippen LogP contribution in [0.25, 0.3) is 0 Å². The monoisotopic (exact) mass is 301 g/mol.